The maximum atomic E-state index is 12.7. The summed E-state index contributed by atoms with van der Waals surface area (Å²) >= 11 is 0. The second-order valence-corrected chi connectivity index (χ2v) is 6.75. The topological polar surface area (TPSA) is 51.1 Å². The van der Waals surface area contributed by atoms with E-state index in [0.29, 0.717) is 5.56 Å². The summed E-state index contributed by atoms with van der Waals surface area (Å²) in [5.41, 5.74) is 3.26. The van der Waals surface area contributed by atoms with Crippen molar-refractivity contribution in [2.75, 3.05) is 40.3 Å². The Morgan fingerprint density at radius 1 is 0.885 bits per heavy atom. The second-order valence-electron chi connectivity index (χ2n) is 6.75. The Labute approximate surface area is 154 Å². The average molecular weight is 353 g/mol. The largest absolute Gasteiger partial charge is 0.465 e. The summed E-state index contributed by atoms with van der Waals surface area (Å²) < 4.78 is 4.71. The first kappa shape index (κ1) is 18.1. The fourth-order valence-corrected chi connectivity index (χ4v) is 3.24. The lowest BCUT2D eigenvalue weighted by Crippen LogP contribution is -3.09. The molecule has 1 unspecified atom stereocenters. The van der Waals surface area contributed by atoms with Gasteiger partial charge in [-0.25, -0.2) is 4.79 Å². The molecule has 1 saturated heterocycles. The molecule has 2 aromatic rings. The monoisotopic (exact) mass is 353 g/mol. The number of methoxy groups -OCH3 is 1. The maximum absolute atomic E-state index is 12.7. The molecule has 0 aliphatic carbocycles. The van der Waals surface area contributed by atoms with Crippen LogP contribution >= 0.6 is 0 Å². The lowest BCUT2D eigenvalue weighted by Gasteiger charge is -2.19. The van der Waals surface area contributed by atoms with Crippen molar-refractivity contribution in [3.05, 3.63) is 59.7 Å². The molecule has 0 spiro atoms. The number of hydrogen-bond donors (Lipinski definition) is 1. The van der Waals surface area contributed by atoms with Crippen LogP contribution in [0.5, 0.6) is 0 Å². The fraction of sp³-hybridized carbons (Fsp3) is 0.333. The third kappa shape index (κ3) is 4.11. The first-order valence-electron chi connectivity index (χ1n) is 8.98. The SMILES string of the molecule is COC(=O)c1ccc(-c2ccc(C(=O)N3CCC[NH+](C)CC3)cc2)cc1. The zero-order valence-corrected chi connectivity index (χ0v) is 15.3. The number of carbonyl (C=O) groups is 2. The van der Waals surface area contributed by atoms with Crippen molar-refractivity contribution < 1.29 is 19.2 Å². The predicted molar refractivity (Wildman–Crippen MR) is 100 cm³/mol. The predicted octanol–water partition coefficient (Wildman–Crippen LogP) is 1.50. The number of nitrogens with one attached hydrogen (secondary N) is 1. The number of benzene rings is 2. The lowest BCUT2D eigenvalue weighted by atomic mass is 10.0. The fourth-order valence-electron chi connectivity index (χ4n) is 3.24. The molecule has 1 fully saturated rings. The molecular weight excluding hydrogens is 328 g/mol. The summed E-state index contributed by atoms with van der Waals surface area (Å²) in [5, 5.41) is 0. The number of nitrogens with zero attached hydrogens (tertiary/aromatic N) is 1. The Hall–Kier alpha value is -2.66. The lowest BCUT2D eigenvalue weighted by molar-refractivity contribution is -0.877. The molecule has 1 aliphatic heterocycles. The van der Waals surface area contributed by atoms with E-state index in [1.54, 1.807) is 12.1 Å². The highest BCUT2D eigenvalue weighted by Crippen LogP contribution is 2.21. The van der Waals surface area contributed by atoms with Crippen LogP contribution < -0.4 is 4.90 Å². The number of ether oxygens (including phenoxy) is 1. The Bertz CT molecular complexity index is 769. The minimum atomic E-state index is -0.345. The minimum absolute atomic E-state index is 0.104. The number of hydrogen-bond acceptors (Lipinski definition) is 3. The van der Waals surface area contributed by atoms with Crippen LogP contribution in [0.2, 0.25) is 0 Å². The molecule has 0 aromatic heterocycles. The van der Waals surface area contributed by atoms with E-state index in [0.717, 1.165) is 49.3 Å². The van der Waals surface area contributed by atoms with Gasteiger partial charge in [-0.3, -0.25) is 4.79 Å². The number of rotatable bonds is 3. The average Bonchev–Trinajstić information content (AvgIpc) is 2.91. The van der Waals surface area contributed by atoms with E-state index in [9.17, 15) is 9.59 Å². The quantitative estimate of drug-likeness (QED) is 0.851. The van der Waals surface area contributed by atoms with Crippen molar-refractivity contribution in [3.8, 4) is 11.1 Å². The van der Waals surface area contributed by atoms with Gasteiger partial charge in [-0.1, -0.05) is 24.3 Å². The van der Waals surface area contributed by atoms with Gasteiger partial charge >= 0.3 is 5.97 Å². The van der Waals surface area contributed by atoms with Crippen LogP contribution in [0.15, 0.2) is 48.5 Å². The van der Waals surface area contributed by atoms with Gasteiger partial charge in [0.25, 0.3) is 5.91 Å². The maximum Gasteiger partial charge on any atom is 0.337 e. The van der Waals surface area contributed by atoms with Crippen molar-refractivity contribution in [1.82, 2.24) is 4.90 Å². The van der Waals surface area contributed by atoms with Gasteiger partial charge in [0.1, 0.15) is 0 Å². The molecular formula is C21H25N2O3+. The van der Waals surface area contributed by atoms with E-state index in [2.05, 4.69) is 7.05 Å². The van der Waals surface area contributed by atoms with Crippen molar-refractivity contribution >= 4 is 11.9 Å². The van der Waals surface area contributed by atoms with Gasteiger partial charge in [0.15, 0.2) is 0 Å². The van der Waals surface area contributed by atoms with E-state index in [1.165, 1.54) is 12.0 Å². The van der Waals surface area contributed by atoms with Gasteiger partial charge in [-0.15, -0.1) is 0 Å². The first-order chi connectivity index (χ1) is 12.6. The Morgan fingerprint density at radius 3 is 2.04 bits per heavy atom. The van der Waals surface area contributed by atoms with Crippen LogP contribution in [0.4, 0.5) is 0 Å². The Balaban J connectivity index is 1.71. The van der Waals surface area contributed by atoms with Gasteiger partial charge in [0.05, 0.1) is 39.4 Å². The van der Waals surface area contributed by atoms with Gasteiger partial charge in [0.2, 0.25) is 0 Å². The number of likely N-dealkylation sites (N-methyl/N-ethyl adjacent to an activating group) is 1. The number of carbonyl (C=O) groups excluding carboxylic acids is 2. The summed E-state index contributed by atoms with van der Waals surface area (Å²) in [7, 11) is 3.55. The van der Waals surface area contributed by atoms with Gasteiger partial charge in [-0.05, 0) is 35.4 Å². The van der Waals surface area contributed by atoms with E-state index in [4.69, 9.17) is 4.74 Å². The number of amides is 1. The van der Waals surface area contributed by atoms with E-state index < -0.39 is 0 Å². The van der Waals surface area contributed by atoms with E-state index in [-0.39, 0.29) is 11.9 Å². The van der Waals surface area contributed by atoms with Crippen LogP contribution in [0.3, 0.4) is 0 Å². The van der Waals surface area contributed by atoms with Crippen molar-refractivity contribution in [2.45, 2.75) is 6.42 Å². The molecule has 1 atom stereocenters. The summed E-state index contributed by atoms with van der Waals surface area (Å²) in [6.45, 7) is 3.75. The Morgan fingerprint density at radius 2 is 1.46 bits per heavy atom. The smallest absolute Gasteiger partial charge is 0.337 e. The molecule has 1 amide bonds. The zero-order valence-electron chi connectivity index (χ0n) is 15.3. The van der Waals surface area contributed by atoms with Gasteiger partial charge < -0.3 is 14.5 Å². The molecule has 2 aromatic carbocycles. The third-order valence-electron chi connectivity index (χ3n) is 4.90. The van der Waals surface area contributed by atoms with Crippen molar-refractivity contribution in [1.29, 1.82) is 0 Å². The standard InChI is InChI=1S/C21H24N2O3/c1-22-12-3-13-23(15-14-22)20(24)18-8-4-16(5-9-18)17-6-10-19(11-7-17)21(25)26-2/h4-11H,3,12-15H2,1-2H3/p+1. The minimum Gasteiger partial charge on any atom is -0.465 e. The third-order valence-corrected chi connectivity index (χ3v) is 4.90. The molecule has 0 radical (unpaired) electrons. The molecule has 0 bridgehead atoms. The first-order valence-corrected chi connectivity index (χ1v) is 8.98. The highest BCUT2D eigenvalue weighted by molar-refractivity contribution is 5.95. The summed E-state index contributed by atoms with van der Waals surface area (Å²) in [6.07, 6.45) is 1.04. The van der Waals surface area contributed by atoms with E-state index >= 15 is 0 Å². The normalized spacial score (nSPS) is 17.5. The van der Waals surface area contributed by atoms with Crippen LogP contribution in [0.1, 0.15) is 27.1 Å². The van der Waals surface area contributed by atoms with Crippen LogP contribution in [0, 0.1) is 0 Å². The zero-order chi connectivity index (χ0) is 18.5. The summed E-state index contributed by atoms with van der Waals surface area (Å²) in [5.74, 6) is -0.241. The van der Waals surface area contributed by atoms with Crippen LogP contribution in [0.25, 0.3) is 11.1 Å². The molecule has 1 N–H and O–H groups in total. The van der Waals surface area contributed by atoms with Gasteiger partial charge in [0, 0.05) is 18.5 Å². The highest BCUT2D eigenvalue weighted by Gasteiger charge is 2.20. The van der Waals surface area contributed by atoms with Crippen molar-refractivity contribution in [2.24, 2.45) is 0 Å². The highest BCUT2D eigenvalue weighted by atomic mass is 16.5. The molecule has 1 aliphatic rings. The number of quaternary nitrogens is 1. The molecule has 5 heteroatoms. The molecule has 26 heavy (non-hydrogen) atoms. The van der Waals surface area contributed by atoms with Gasteiger partial charge in [-0.2, -0.15) is 0 Å². The van der Waals surface area contributed by atoms with Crippen LogP contribution in [-0.4, -0.2) is 57.1 Å². The molecule has 136 valence electrons. The summed E-state index contributed by atoms with van der Waals surface area (Å²) in [6, 6.07) is 14.9. The second kappa shape index (κ2) is 8.15. The van der Waals surface area contributed by atoms with Crippen LogP contribution in [-0.2, 0) is 4.74 Å². The molecule has 5 nitrogen and oxygen atoms in total. The Kier molecular flexibility index (Phi) is 5.68. The number of esters is 1. The van der Waals surface area contributed by atoms with E-state index in [1.807, 2.05) is 41.3 Å². The molecule has 3 rings (SSSR count). The van der Waals surface area contributed by atoms with Crippen molar-refractivity contribution in [3.63, 3.8) is 0 Å². The summed E-state index contributed by atoms with van der Waals surface area (Å²) in [4.78, 5) is 27.7. The molecule has 0 saturated carbocycles. The molecule has 1 heterocycles.